The Labute approximate surface area is 120 Å². The number of unbranched alkanes of at least 4 members (excludes halogenated alkanes) is 6. The molecule has 0 fully saturated rings. The van der Waals surface area contributed by atoms with Gasteiger partial charge in [-0.25, -0.2) is 0 Å². The van der Waals surface area contributed by atoms with Crippen molar-refractivity contribution in [2.24, 2.45) is 0 Å². The van der Waals surface area contributed by atoms with E-state index in [9.17, 15) is 4.79 Å². The van der Waals surface area contributed by atoms with Crippen molar-refractivity contribution in [2.75, 3.05) is 13.1 Å². The van der Waals surface area contributed by atoms with E-state index in [0.717, 1.165) is 25.9 Å². The molecule has 0 aliphatic rings. The van der Waals surface area contributed by atoms with Crippen LogP contribution in [0.5, 0.6) is 0 Å². The molecule has 0 rings (SSSR count). The summed E-state index contributed by atoms with van der Waals surface area (Å²) in [6, 6.07) is 0. The topological polar surface area (TPSA) is 29.1 Å². The molecular formula is C17H33NO. The Balaban J connectivity index is 3.09. The van der Waals surface area contributed by atoms with Gasteiger partial charge in [-0.2, -0.15) is 0 Å². The van der Waals surface area contributed by atoms with Crippen molar-refractivity contribution >= 4 is 5.78 Å². The maximum Gasteiger partial charge on any atom is 0.132 e. The molecule has 2 heteroatoms. The molecule has 112 valence electrons. The highest BCUT2D eigenvalue weighted by Crippen LogP contribution is 2.08. The molecule has 0 bridgehead atoms. The van der Waals surface area contributed by atoms with E-state index < -0.39 is 0 Å². The molecule has 0 aromatic rings. The molecule has 0 radical (unpaired) electrons. The second-order valence-corrected chi connectivity index (χ2v) is 5.17. The van der Waals surface area contributed by atoms with Crippen molar-refractivity contribution in [3.8, 4) is 0 Å². The molecule has 0 atom stereocenters. The lowest BCUT2D eigenvalue weighted by Gasteiger charge is -2.00. The number of nitrogens with one attached hydrogen (secondary N) is 1. The van der Waals surface area contributed by atoms with Gasteiger partial charge >= 0.3 is 0 Å². The van der Waals surface area contributed by atoms with Gasteiger partial charge in [-0.1, -0.05) is 45.3 Å². The van der Waals surface area contributed by atoms with Gasteiger partial charge in [0.2, 0.25) is 0 Å². The van der Waals surface area contributed by atoms with Gasteiger partial charge < -0.3 is 5.32 Å². The van der Waals surface area contributed by atoms with Gasteiger partial charge in [-0.05, 0) is 45.2 Å². The Morgan fingerprint density at radius 2 is 1.53 bits per heavy atom. The Kier molecular flexibility index (Phi) is 14.9. The van der Waals surface area contributed by atoms with E-state index in [1.165, 1.54) is 44.9 Å². The van der Waals surface area contributed by atoms with Crippen LogP contribution in [0.3, 0.4) is 0 Å². The van der Waals surface area contributed by atoms with Crippen LogP contribution in [-0.4, -0.2) is 18.9 Å². The van der Waals surface area contributed by atoms with Gasteiger partial charge in [-0.3, -0.25) is 4.79 Å². The van der Waals surface area contributed by atoms with E-state index in [1.54, 1.807) is 0 Å². The molecule has 0 heterocycles. The highest BCUT2D eigenvalue weighted by molar-refractivity contribution is 5.77. The molecule has 0 unspecified atom stereocenters. The van der Waals surface area contributed by atoms with E-state index >= 15 is 0 Å². The summed E-state index contributed by atoms with van der Waals surface area (Å²) < 4.78 is 0. The monoisotopic (exact) mass is 267 g/mol. The Hall–Kier alpha value is -0.630. The van der Waals surface area contributed by atoms with Crippen LogP contribution in [0.2, 0.25) is 0 Å². The Morgan fingerprint density at radius 3 is 2.21 bits per heavy atom. The molecule has 2 nitrogen and oxygen atoms in total. The third-order valence-electron chi connectivity index (χ3n) is 3.36. The lowest BCUT2D eigenvalue weighted by atomic mass is 10.1. The quantitative estimate of drug-likeness (QED) is 0.367. The number of rotatable bonds is 14. The molecule has 19 heavy (non-hydrogen) atoms. The predicted octanol–water partition coefficient (Wildman–Crippen LogP) is 4.64. The van der Waals surface area contributed by atoms with Crippen molar-refractivity contribution in [3.63, 3.8) is 0 Å². The van der Waals surface area contributed by atoms with Crippen molar-refractivity contribution in [2.45, 2.75) is 78.1 Å². The minimum absolute atomic E-state index is 0.417. The zero-order chi connectivity index (χ0) is 14.2. The number of hydrogen-bond donors (Lipinski definition) is 1. The van der Waals surface area contributed by atoms with Gasteiger partial charge in [0, 0.05) is 12.8 Å². The number of carbonyl (C=O) groups is 1. The number of hydrogen-bond acceptors (Lipinski definition) is 2. The Bertz CT molecular complexity index is 223. The molecule has 0 aliphatic heterocycles. The van der Waals surface area contributed by atoms with Crippen molar-refractivity contribution in [1.29, 1.82) is 0 Å². The molecule has 0 aromatic heterocycles. The van der Waals surface area contributed by atoms with Gasteiger partial charge in [0.25, 0.3) is 0 Å². The molecule has 0 saturated heterocycles. The molecule has 1 N–H and O–H groups in total. The van der Waals surface area contributed by atoms with Crippen LogP contribution in [-0.2, 0) is 4.79 Å². The molecule has 0 spiro atoms. The number of ketones is 1. The summed E-state index contributed by atoms with van der Waals surface area (Å²) in [7, 11) is 0. The van der Waals surface area contributed by atoms with E-state index in [4.69, 9.17) is 0 Å². The fraction of sp³-hybridized carbons (Fsp3) is 0.824. The highest BCUT2D eigenvalue weighted by atomic mass is 16.1. The average Bonchev–Trinajstić information content (AvgIpc) is 2.43. The molecular weight excluding hydrogens is 234 g/mol. The SMILES string of the molecule is CCNCCC/C=C\CCCCCCCC(=O)CC. The normalized spacial score (nSPS) is 11.3. The third-order valence-corrected chi connectivity index (χ3v) is 3.36. The summed E-state index contributed by atoms with van der Waals surface area (Å²) in [5.74, 6) is 0.417. The van der Waals surface area contributed by atoms with E-state index in [2.05, 4.69) is 24.4 Å². The maximum atomic E-state index is 11.1. The summed E-state index contributed by atoms with van der Waals surface area (Å²) in [6.07, 6.45) is 16.0. The lowest BCUT2D eigenvalue weighted by molar-refractivity contribution is -0.118. The third kappa shape index (κ3) is 15.3. The first kappa shape index (κ1) is 18.4. The lowest BCUT2D eigenvalue weighted by Crippen LogP contribution is -2.13. The highest BCUT2D eigenvalue weighted by Gasteiger charge is 1.97. The fourth-order valence-corrected chi connectivity index (χ4v) is 2.05. The first-order valence-electron chi connectivity index (χ1n) is 8.18. The van der Waals surface area contributed by atoms with Gasteiger partial charge in [-0.15, -0.1) is 0 Å². The first-order valence-corrected chi connectivity index (χ1v) is 8.18. The maximum absolute atomic E-state index is 11.1. The zero-order valence-electron chi connectivity index (χ0n) is 13.0. The minimum atomic E-state index is 0.417. The summed E-state index contributed by atoms with van der Waals surface area (Å²) in [5, 5.41) is 3.33. The molecule has 0 aromatic carbocycles. The van der Waals surface area contributed by atoms with Gasteiger partial charge in [0.1, 0.15) is 5.78 Å². The number of allylic oxidation sites excluding steroid dienone is 2. The van der Waals surface area contributed by atoms with Crippen LogP contribution in [0.4, 0.5) is 0 Å². The van der Waals surface area contributed by atoms with Gasteiger partial charge in [0.05, 0.1) is 0 Å². The summed E-state index contributed by atoms with van der Waals surface area (Å²) in [6.45, 7) is 6.31. The number of carbonyl (C=O) groups excluding carboxylic acids is 1. The molecule has 0 amide bonds. The summed E-state index contributed by atoms with van der Waals surface area (Å²) >= 11 is 0. The van der Waals surface area contributed by atoms with Crippen molar-refractivity contribution in [1.82, 2.24) is 5.32 Å². The smallest absolute Gasteiger partial charge is 0.132 e. The van der Waals surface area contributed by atoms with E-state index in [0.29, 0.717) is 12.2 Å². The fourth-order valence-electron chi connectivity index (χ4n) is 2.05. The zero-order valence-corrected chi connectivity index (χ0v) is 13.0. The number of Topliss-reactive ketones (excluding diaryl/α,β-unsaturated/α-hetero) is 1. The van der Waals surface area contributed by atoms with Crippen LogP contribution in [0, 0.1) is 0 Å². The summed E-state index contributed by atoms with van der Waals surface area (Å²) in [4.78, 5) is 11.1. The second kappa shape index (κ2) is 15.4. The van der Waals surface area contributed by atoms with Crippen LogP contribution < -0.4 is 5.32 Å². The van der Waals surface area contributed by atoms with Gasteiger partial charge in [0.15, 0.2) is 0 Å². The average molecular weight is 267 g/mol. The predicted molar refractivity (Wildman–Crippen MR) is 84.5 cm³/mol. The molecule has 0 saturated carbocycles. The van der Waals surface area contributed by atoms with Crippen LogP contribution in [0.1, 0.15) is 78.1 Å². The van der Waals surface area contributed by atoms with Crippen molar-refractivity contribution < 1.29 is 4.79 Å². The standard InChI is InChI=1S/C17H33NO/c1-3-17(19)15-13-11-9-7-5-6-8-10-12-14-16-18-4-2/h8,10,18H,3-7,9,11-16H2,1-2H3/b10-8-. The second-order valence-electron chi connectivity index (χ2n) is 5.17. The van der Waals surface area contributed by atoms with Crippen molar-refractivity contribution in [3.05, 3.63) is 12.2 Å². The van der Waals surface area contributed by atoms with E-state index in [-0.39, 0.29) is 0 Å². The largest absolute Gasteiger partial charge is 0.317 e. The van der Waals surface area contributed by atoms with Crippen LogP contribution >= 0.6 is 0 Å². The molecule has 0 aliphatic carbocycles. The Morgan fingerprint density at radius 1 is 0.895 bits per heavy atom. The summed E-state index contributed by atoms with van der Waals surface area (Å²) in [5.41, 5.74) is 0. The van der Waals surface area contributed by atoms with E-state index in [1.807, 2.05) is 6.92 Å². The first-order chi connectivity index (χ1) is 9.31. The van der Waals surface area contributed by atoms with Crippen LogP contribution in [0.15, 0.2) is 12.2 Å². The van der Waals surface area contributed by atoms with Crippen LogP contribution in [0.25, 0.3) is 0 Å². The minimum Gasteiger partial charge on any atom is -0.317 e.